The third kappa shape index (κ3) is 2.95. The second-order valence-electron chi connectivity index (χ2n) is 4.37. The quantitative estimate of drug-likeness (QED) is 0.848. The first kappa shape index (κ1) is 12.5. The van der Waals surface area contributed by atoms with Gasteiger partial charge in [-0.2, -0.15) is 0 Å². The SMILES string of the molecule is Cc1cc(=O)c(C(=O)O)cn1CCC(C)C. The van der Waals surface area contributed by atoms with Crippen LogP contribution in [0.5, 0.6) is 0 Å². The van der Waals surface area contributed by atoms with Crippen molar-refractivity contribution in [3.63, 3.8) is 0 Å². The normalized spacial score (nSPS) is 10.8. The van der Waals surface area contributed by atoms with Crippen molar-refractivity contribution in [2.24, 2.45) is 5.92 Å². The summed E-state index contributed by atoms with van der Waals surface area (Å²) in [6.45, 7) is 6.77. The average Bonchev–Trinajstić information content (AvgIpc) is 2.15. The predicted octanol–water partition coefficient (Wildman–Crippen LogP) is 1.90. The molecule has 0 amide bonds. The van der Waals surface area contributed by atoms with Crippen LogP contribution in [0.4, 0.5) is 0 Å². The number of rotatable bonds is 4. The third-order valence-electron chi connectivity index (χ3n) is 2.52. The van der Waals surface area contributed by atoms with E-state index >= 15 is 0 Å². The van der Waals surface area contributed by atoms with Crippen LogP contribution in [0.25, 0.3) is 0 Å². The molecule has 1 rings (SSSR count). The van der Waals surface area contributed by atoms with E-state index in [0.717, 1.165) is 18.7 Å². The molecule has 0 saturated heterocycles. The minimum atomic E-state index is -1.16. The molecule has 0 spiro atoms. The van der Waals surface area contributed by atoms with Gasteiger partial charge in [0.1, 0.15) is 5.56 Å². The average molecular weight is 223 g/mol. The Hall–Kier alpha value is -1.58. The smallest absolute Gasteiger partial charge is 0.341 e. The summed E-state index contributed by atoms with van der Waals surface area (Å²) < 4.78 is 1.82. The molecule has 0 aliphatic carbocycles. The van der Waals surface area contributed by atoms with Gasteiger partial charge in [0.05, 0.1) is 0 Å². The maximum Gasteiger partial charge on any atom is 0.341 e. The number of hydrogen-bond acceptors (Lipinski definition) is 2. The Balaban J connectivity index is 3.05. The Morgan fingerprint density at radius 3 is 2.62 bits per heavy atom. The summed E-state index contributed by atoms with van der Waals surface area (Å²) in [6, 6.07) is 1.38. The van der Waals surface area contributed by atoms with Crippen LogP contribution in [0.15, 0.2) is 17.1 Å². The van der Waals surface area contributed by atoms with E-state index in [2.05, 4.69) is 13.8 Å². The van der Waals surface area contributed by atoms with Crippen LogP contribution in [0, 0.1) is 12.8 Å². The monoisotopic (exact) mass is 223 g/mol. The van der Waals surface area contributed by atoms with Gasteiger partial charge in [-0.05, 0) is 19.3 Å². The first-order chi connectivity index (χ1) is 7.41. The maximum atomic E-state index is 11.4. The van der Waals surface area contributed by atoms with Crippen LogP contribution in [-0.4, -0.2) is 15.6 Å². The molecule has 0 aliphatic heterocycles. The van der Waals surface area contributed by atoms with E-state index in [4.69, 9.17) is 5.11 Å². The molecule has 0 atom stereocenters. The van der Waals surface area contributed by atoms with Gasteiger partial charge in [-0.15, -0.1) is 0 Å². The third-order valence-corrected chi connectivity index (χ3v) is 2.52. The summed E-state index contributed by atoms with van der Waals surface area (Å²) in [4.78, 5) is 22.2. The molecule has 1 heterocycles. The van der Waals surface area contributed by atoms with E-state index in [1.165, 1.54) is 12.3 Å². The minimum Gasteiger partial charge on any atom is -0.477 e. The zero-order valence-electron chi connectivity index (χ0n) is 9.86. The number of aryl methyl sites for hydroxylation is 2. The van der Waals surface area contributed by atoms with Crippen molar-refractivity contribution in [3.05, 3.63) is 33.7 Å². The number of carbonyl (C=O) groups is 1. The lowest BCUT2D eigenvalue weighted by Crippen LogP contribution is -2.19. The maximum absolute atomic E-state index is 11.4. The molecule has 1 aromatic heterocycles. The molecule has 0 fully saturated rings. The Kier molecular flexibility index (Phi) is 3.88. The lowest BCUT2D eigenvalue weighted by Gasteiger charge is -2.12. The molecule has 0 saturated carbocycles. The lowest BCUT2D eigenvalue weighted by molar-refractivity contribution is 0.0694. The fourth-order valence-corrected chi connectivity index (χ4v) is 1.47. The summed E-state index contributed by atoms with van der Waals surface area (Å²) in [5.74, 6) is -0.615. The highest BCUT2D eigenvalue weighted by molar-refractivity contribution is 5.87. The van der Waals surface area contributed by atoms with Crippen molar-refractivity contribution in [1.29, 1.82) is 0 Å². The molecule has 0 unspecified atom stereocenters. The summed E-state index contributed by atoms with van der Waals surface area (Å²) in [5, 5.41) is 8.85. The van der Waals surface area contributed by atoms with Gasteiger partial charge >= 0.3 is 5.97 Å². The number of nitrogens with zero attached hydrogens (tertiary/aromatic N) is 1. The van der Waals surface area contributed by atoms with E-state index in [1.807, 2.05) is 11.5 Å². The van der Waals surface area contributed by atoms with Crippen molar-refractivity contribution in [2.45, 2.75) is 33.7 Å². The zero-order chi connectivity index (χ0) is 12.3. The highest BCUT2D eigenvalue weighted by Gasteiger charge is 2.10. The van der Waals surface area contributed by atoms with Crippen LogP contribution >= 0.6 is 0 Å². The number of aromatic nitrogens is 1. The molecule has 0 bridgehead atoms. The summed E-state index contributed by atoms with van der Waals surface area (Å²) in [6.07, 6.45) is 2.39. The number of pyridine rings is 1. The molecular weight excluding hydrogens is 206 g/mol. The topological polar surface area (TPSA) is 59.3 Å². The number of carboxylic acids is 1. The van der Waals surface area contributed by atoms with E-state index in [9.17, 15) is 9.59 Å². The summed E-state index contributed by atoms with van der Waals surface area (Å²) in [5.41, 5.74) is 0.218. The predicted molar refractivity (Wildman–Crippen MR) is 61.9 cm³/mol. The van der Waals surface area contributed by atoms with Gasteiger partial charge in [-0.25, -0.2) is 4.79 Å². The standard InChI is InChI=1S/C12H17NO3/c1-8(2)4-5-13-7-10(12(15)16)11(14)6-9(13)3/h6-8H,4-5H2,1-3H3,(H,15,16). The van der Waals surface area contributed by atoms with Gasteiger partial charge in [0, 0.05) is 24.5 Å². The van der Waals surface area contributed by atoms with Crippen molar-refractivity contribution < 1.29 is 9.90 Å². The van der Waals surface area contributed by atoms with Gasteiger partial charge in [0.25, 0.3) is 0 Å². The molecule has 0 radical (unpaired) electrons. The fraction of sp³-hybridized carbons (Fsp3) is 0.500. The van der Waals surface area contributed by atoms with Gasteiger partial charge in [-0.1, -0.05) is 13.8 Å². The summed E-state index contributed by atoms with van der Waals surface area (Å²) >= 11 is 0. The van der Waals surface area contributed by atoms with E-state index in [1.54, 1.807) is 0 Å². The molecule has 0 aliphatic rings. The van der Waals surface area contributed by atoms with Crippen molar-refractivity contribution in [3.8, 4) is 0 Å². The second-order valence-corrected chi connectivity index (χ2v) is 4.37. The Labute approximate surface area is 94.5 Å². The van der Waals surface area contributed by atoms with Crippen LogP contribution in [0.3, 0.4) is 0 Å². The number of carboxylic acid groups (broad SMARTS) is 1. The Bertz CT molecular complexity index is 446. The van der Waals surface area contributed by atoms with Crippen molar-refractivity contribution >= 4 is 5.97 Å². The minimum absolute atomic E-state index is 0.158. The second kappa shape index (κ2) is 4.96. The van der Waals surface area contributed by atoms with Gasteiger partial charge in [0.15, 0.2) is 5.43 Å². The van der Waals surface area contributed by atoms with E-state index in [0.29, 0.717) is 5.92 Å². The van der Waals surface area contributed by atoms with Crippen LogP contribution in [-0.2, 0) is 6.54 Å². The number of aromatic carboxylic acids is 1. The Morgan fingerprint density at radius 1 is 1.50 bits per heavy atom. The van der Waals surface area contributed by atoms with Gasteiger partial charge < -0.3 is 9.67 Å². The molecule has 1 N–H and O–H groups in total. The molecule has 16 heavy (non-hydrogen) atoms. The first-order valence-electron chi connectivity index (χ1n) is 5.36. The fourth-order valence-electron chi connectivity index (χ4n) is 1.47. The molecule has 88 valence electrons. The first-order valence-corrected chi connectivity index (χ1v) is 5.36. The molecule has 4 nitrogen and oxygen atoms in total. The van der Waals surface area contributed by atoms with Gasteiger partial charge in [-0.3, -0.25) is 4.79 Å². The highest BCUT2D eigenvalue weighted by Crippen LogP contribution is 2.06. The lowest BCUT2D eigenvalue weighted by atomic mass is 10.1. The zero-order valence-corrected chi connectivity index (χ0v) is 9.86. The van der Waals surface area contributed by atoms with Crippen LogP contribution in [0.1, 0.15) is 36.3 Å². The molecule has 4 heteroatoms. The molecule has 0 aromatic carbocycles. The highest BCUT2D eigenvalue weighted by atomic mass is 16.4. The largest absolute Gasteiger partial charge is 0.477 e. The van der Waals surface area contributed by atoms with Crippen molar-refractivity contribution in [2.75, 3.05) is 0 Å². The molecule has 1 aromatic rings. The van der Waals surface area contributed by atoms with Crippen molar-refractivity contribution in [1.82, 2.24) is 4.57 Å². The van der Waals surface area contributed by atoms with E-state index < -0.39 is 11.4 Å². The van der Waals surface area contributed by atoms with Crippen LogP contribution < -0.4 is 5.43 Å². The Morgan fingerprint density at radius 2 is 2.12 bits per heavy atom. The summed E-state index contributed by atoms with van der Waals surface area (Å²) in [7, 11) is 0. The van der Waals surface area contributed by atoms with Crippen LogP contribution in [0.2, 0.25) is 0 Å². The van der Waals surface area contributed by atoms with Gasteiger partial charge in [0.2, 0.25) is 0 Å². The molecular formula is C12H17NO3. The number of hydrogen-bond donors (Lipinski definition) is 1. The van der Waals surface area contributed by atoms with E-state index in [-0.39, 0.29) is 5.56 Å².